The van der Waals surface area contributed by atoms with E-state index in [1.54, 1.807) is 13.0 Å². The third kappa shape index (κ3) is 3.80. The number of nitrogens with zero attached hydrogens (tertiary/aromatic N) is 2. The number of carbonyl (C=O) groups excluding carboxylic acids is 1. The molecular weight excluding hydrogens is 326 g/mol. The number of rotatable bonds is 5. The van der Waals surface area contributed by atoms with Gasteiger partial charge in [-0.2, -0.15) is 0 Å². The van der Waals surface area contributed by atoms with Crippen LogP contribution in [-0.4, -0.2) is 22.7 Å². The minimum atomic E-state index is -0.294. The smallest absolute Gasteiger partial charge is 0.264 e. The van der Waals surface area contributed by atoms with Crippen molar-refractivity contribution >= 4 is 22.4 Å². The molecule has 0 spiro atoms. The standard InChI is InChI=1S/C17H17N3O3S/c1-10-4-5-13(11(2)6-10)14-9-24-17(18-14)19-15(21)8-22-16-7-12(3)23-20-16/h4-7,9H,8H2,1-3H3,(H,18,19,21). The van der Waals surface area contributed by atoms with Gasteiger partial charge in [-0.3, -0.25) is 10.1 Å². The lowest BCUT2D eigenvalue weighted by Crippen LogP contribution is -2.20. The number of hydrogen-bond donors (Lipinski definition) is 1. The Morgan fingerprint density at radius 3 is 2.83 bits per heavy atom. The fourth-order valence-corrected chi connectivity index (χ4v) is 2.99. The van der Waals surface area contributed by atoms with Gasteiger partial charge >= 0.3 is 0 Å². The maximum Gasteiger partial charge on any atom is 0.264 e. The van der Waals surface area contributed by atoms with E-state index in [0.717, 1.165) is 16.8 Å². The molecule has 124 valence electrons. The number of hydrogen-bond acceptors (Lipinski definition) is 6. The number of amides is 1. The minimum Gasteiger partial charge on any atom is -0.465 e. The van der Waals surface area contributed by atoms with Crippen molar-refractivity contribution in [2.75, 3.05) is 11.9 Å². The van der Waals surface area contributed by atoms with Gasteiger partial charge in [-0.05, 0) is 31.5 Å². The van der Waals surface area contributed by atoms with Gasteiger partial charge in [0, 0.05) is 17.0 Å². The predicted molar refractivity (Wildman–Crippen MR) is 92.4 cm³/mol. The lowest BCUT2D eigenvalue weighted by Gasteiger charge is -2.04. The van der Waals surface area contributed by atoms with Gasteiger partial charge in [-0.1, -0.05) is 23.8 Å². The molecule has 2 aromatic heterocycles. The van der Waals surface area contributed by atoms with Crippen LogP contribution < -0.4 is 10.1 Å². The summed E-state index contributed by atoms with van der Waals surface area (Å²) in [4.78, 5) is 16.4. The number of carbonyl (C=O) groups is 1. The Labute approximate surface area is 143 Å². The number of aromatic nitrogens is 2. The van der Waals surface area contributed by atoms with E-state index in [4.69, 9.17) is 9.26 Å². The summed E-state index contributed by atoms with van der Waals surface area (Å²) in [6.45, 7) is 5.71. The maximum atomic E-state index is 11.9. The van der Waals surface area contributed by atoms with Crippen LogP contribution in [0.3, 0.4) is 0 Å². The Balaban J connectivity index is 1.62. The summed E-state index contributed by atoms with van der Waals surface area (Å²) < 4.78 is 10.1. The summed E-state index contributed by atoms with van der Waals surface area (Å²) >= 11 is 1.38. The Morgan fingerprint density at radius 1 is 1.29 bits per heavy atom. The van der Waals surface area contributed by atoms with Crippen molar-refractivity contribution in [1.82, 2.24) is 10.1 Å². The molecule has 2 heterocycles. The first kappa shape index (κ1) is 16.2. The molecule has 0 saturated heterocycles. The Morgan fingerprint density at radius 2 is 2.12 bits per heavy atom. The fraction of sp³-hybridized carbons (Fsp3) is 0.235. The highest BCUT2D eigenvalue weighted by Gasteiger charge is 2.11. The van der Waals surface area contributed by atoms with Crippen LogP contribution in [0.15, 0.2) is 34.2 Å². The molecule has 0 aliphatic heterocycles. The highest BCUT2D eigenvalue weighted by atomic mass is 32.1. The van der Waals surface area contributed by atoms with Crippen LogP contribution in [0.1, 0.15) is 16.9 Å². The molecule has 3 aromatic rings. The first-order valence-corrected chi connectivity index (χ1v) is 8.28. The number of anilines is 1. The maximum absolute atomic E-state index is 11.9. The largest absolute Gasteiger partial charge is 0.465 e. The summed E-state index contributed by atoms with van der Waals surface area (Å²) in [7, 11) is 0. The van der Waals surface area contributed by atoms with Crippen LogP contribution in [0.4, 0.5) is 5.13 Å². The lowest BCUT2D eigenvalue weighted by atomic mass is 10.0. The predicted octanol–water partition coefficient (Wildman–Crippen LogP) is 3.74. The molecular formula is C17H17N3O3S. The van der Waals surface area contributed by atoms with Crippen LogP contribution in [0.5, 0.6) is 5.88 Å². The molecule has 6 nitrogen and oxygen atoms in total. The van der Waals surface area contributed by atoms with Gasteiger partial charge in [-0.15, -0.1) is 11.3 Å². The molecule has 0 aliphatic carbocycles. The van der Waals surface area contributed by atoms with Crippen LogP contribution in [0.2, 0.25) is 0 Å². The summed E-state index contributed by atoms with van der Waals surface area (Å²) in [6.07, 6.45) is 0. The molecule has 0 saturated carbocycles. The monoisotopic (exact) mass is 343 g/mol. The minimum absolute atomic E-state index is 0.148. The molecule has 0 radical (unpaired) electrons. The molecule has 0 aliphatic rings. The molecule has 1 amide bonds. The average molecular weight is 343 g/mol. The first-order chi connectivity index (χ1) is 11.5. The van der Waals surface area contributed by atoms with Gasteiger partial charge in [0.2, 0.25) is 0 Å². The van der Waals surface area contributed by atoms with E-state index in [1.807, 2.05) is 24.4 Å². The molecule has 0 unspecified atom stereocenters. The van der Waals surface area contributed by atoms with Crippen molar-refractivity contribution in [3.8, 4) is 17.1 Å². The number of thiazole rings is 1. The summed E-state index contributed by atoms with van der Waals surface area (Å²) in [6, 6.07) is 7.82. The topological polar surface area (TPSA) is 77.2 Å². The number of benzene rings is 1. The SMILES string of the molecule is Cc1ccc(-c2csc(NC(=O)COc3cc(C)on3)n2)c(C)c1. The molecule has 1 aromatic carbocycles. The molecule has 3 rings (SSSR count). The second-order valence-electron chi connectivity index (χ2n) is 5.47. The van der Waals surface area contributed by atoms with Gasteiger partial charge < -0.3 is 9.26 Å². The van der Waals surface area contributed by atoms with E-state index in [9.17, 15) is 4.79 Å². The van der Waals surface area contributed by atoms with Crippen molar-refractivity contribution in [2.24, 2.45) is 0 Å². The fourth-order valence-electron chi connectivity index (χ4n) is 2.26. The second kappa shape index (κ2) is 6.84. The van der Waals surface area contributed by atoms with Gasteiger partial charge in [-0.25, -0.2) is 4.98 Å². The Kier molecular flexibility index (Phi) is 4.61. The average Bonchev–Trinajstić information content (AvgIpc) is 3.14. The molecule has 7 heteroatoms. The van der Waals surface area contributed by atoms with Crippen LogP contribution in [0.25, 0.3) is 11.3 Å². The highest BCUT2D eigenvalue weighted by molar-refractivity contribution is 7.14. The van der Waals surface area contributed by atoms with E-state index in [1.165, 1.54) is 16.9 Å². The zero-order chi connectivity index (χ0) is 17.1. The highest BCUT2D eigenvalue weighted by Crippen LogP contribution is 2.27. The van der Waals surface area contributed by atoms with E-state index < -0.39 is 0 Å². The summed E-state index contributed by atoms with van der Waals surface area (Å²) in [5, 5.41) is 8.85. The number of ether oxygens (including phenoxy) is 1. The van der Waals surface area contributed by atoms with Crippen molar-refractivity contribution in [2.45, 2.75) is 20.8 Å². The summed E-state index contributed by atoms with van der Waals surface area (Å²) in [5.74, 6) is 0.624. The van der Waals surface area contributed by atoms with Crippen molar-refractivity contribution < 1.29 is 14.1 Å². The lowest BCUT2D eigenvalue weighted by molar-refractivity contribution is -0.118. The van der Waals surface area contributed by atoms with E-state index >= 15 is 0 Å². The molecule has 24 heavy (non-hydrogen) atoms. The molecule has 0 atom stereocenters. The Bertz CT molecular complexity index is 870. The van der Waals surface area contributed by atoms with Crippen molar-refractivity contribution in [1.29, 1.82) is 0 Å². The normalized spacial score (nSPS) is 10.6. The Hall–Kier alpha value is -2.67. The van der Waals surface area contributed by atoms with Crippen LogP contribution in [-0.2, 0) is 4.79 Å². The number of nitrogens with one attached hydrogen (secondary N) is 1. The van der Waals surface area contributed by atoms with Crippen molar-refractivity contribution in [3.05, 3.63) is 46.5 Å². The van der Waals surface area contributed by atoms with Crippen molar-refractivity contribution in [3.63, 3.8) is 0 Å². The second-order valence-corrected chi connectivity index (χ2v) is 6.33. The van der Waals surface area contributed by atoms with E-state index in [-0.39, 0.29) is 18.4 Å². The molecule has 1 N–H and O–H groups in total. The third-order valence-electron chi connectivity index (χ3n) is 3.37. The van der Waals surface area contributed by atoms with Gasteiger partial charge in [0.25, 0.3) is 11.8 Å². The van der Waals surface area contributed by atoms with Gasteiger partial charge in [0.05, 0.1) is 5.69 Å². The van der Waals surface area contributed by atoms with E-state index in [2.05, 4.69) is 28.4 Å². The zero-order valence-corrected chi connectivity index (χ0v) is 14.4. The molecule has 0 bridgehead atoms. The number of aryl methyl sites for hydroxylation is 3. The first-order valence-electron chi connectivity index (χ1n) is 7.40. The third-order valence-corrected chi connectivity index (χ3v) is 4.12. The van der Waals surface area contributed by atoms with Gasteiger partial charge in [0.15, 0.2) is 11.7 Å². The van der Waals surface area contributed by atoms with Crippen LogP contribution in [0, 0.1) is 20.8 Å². The van der Waals surface area contributed by atoms with Gasteiger partial charge in [0.1, 0.15) is 5.76 Å². The zero-order valence-electron chi connectivity index (χ0n) is 13.6. The summed E-state index contributed by atoms with van der Waals surface area (Å²) in [5.41, 5.74) is 4.27. The quantitative estimate of drug-likeness (QED) is 0.763. The molecule has 0 fully saturated rings. The van der Waals surface area contributed by atoms with Crippen LogP contribution >= 0.6 is 11.3 Å². The van der Waals surface area contributed by atoms with E-state index in [0.29, 0.717) is 10.9 Å².